The summed E-state index contributed by atoms with van der Waals surface area (Å²) in [6, 6.07) is 8.56. The van der Waals surface area contributed by atoms with Crippen molar-refractivity contribution in [3.8, 4) is 0 Å². The van der Waals surface area contributed by atoms with Crippen LogP contribution in [0.3, 0.4) is 0 Å². The summed E-state index contributed by atoms with van der Waals surface area (Å²) in [6.07, 6.45) is -9.20. The third kappa shape index (κ3) is 7.14. The van der Waals surface area contributed by atoms with E-state index in [1.54, 1.807) is 32.0 Å². The highest BCUT2D eigenvalue weighted by Crippen LogP contribution is 2.37. The predicted octanol–water partition coefficient (Wildman–Crippen LogP) is 5.65. The van der Waals surface area contributed by atoms with Crippen LogP contribution in [0, 0.1) is 0 Å². The lowest BCUT2D eigenvalue weighted by molar-refractivity contribution is -0.143. The van der Waals surface area contributed by atoms with Crippen molar-refractivity contribution in [3.63, 3.8) is 0 Å². The molecule has 1 fully saturated rings. The number of urea groups is 1. The summed E-state index contributed by atoms with van der Waals surface area (Å²) in [5, 5.41) is 5.55. The van der Waals surface area contributed by atoms with E-state index in [0.29, 0.717) is 25.0 Å². The Balaban J connectivity index is 1.92. The van der Waals surface area contributed by atoms with Gasteiger partial charge in [-0.3, -0.25) is 4.79 Å². The summed E-state index contributed by atoms with van der Waals surface area (Å²) in [4.78, 5) is 26.8. The van der Waals surface area contributed by atoms with Gasteiger partial charge in [0.15, 0.2) is 0 Å². The van der Waals surface area contributed by atoms with Gasteiger partial charge in [-0.1, -0.05) is 30.3 Å². The van der Waals surface area contributed by atoms with Crippen LogP contribution in [0.2, 0.25) is 0 Å². The highest BCUT2D eigenvalue weighted by atomic mass is 19.4. The monoisotopic (exact) mass is 515 g/mol. The highest BCUT2D eigenvalue weighted by Gasteiger charge is 2.39. The van der Waals surface area contributed by atoms with Crippen molar-refractivity contribution in [3.05, 3.63) is 70.8 Å². The molecular formula is C25H27F6N3O2. The summed E-state index contributed by atoms with van der Waals surface area (Å²) >= 11 is 0. The summed E-state index contributed by atoms with van der Waals surface area (Å²) in [5.74, 6) is -0.919. The fourth-order valence-corrected chi connectivity index (χ4v) is 4.26. The second-order valence-corrected chi connectivity index (χ2v) is 9.13. The van der Waals surface area contributed by atoms with E-state index in [4.69, 9.17) is 0 Å². The first kappa shape index (κ1) is 27.3. The van der Waals surface area contributed by atoms with Crippen LogP contribution < -0.4 is 10.6 Å². The predicted molar refractivity (Wildman–Crippen MR) is 121 cm³/mol. The maximum atomic E-state index is 13.3. The van der Waals surface area contributed by atoms with Gasteiger partial charge in [0.2, 0.25) is 0 Å². The normalized spacial score (nSPS) is 18.8. The average Bonchev–Trinajstić information content (AvgIpc) is 2.77. The number of likely N-dealkylation sites (tertiary alicyclic amines) is 1. The van der Waals surface area contributed by atoms with E-state index in [9.17, 15) is 35.9 Å². The maximum absolute atomic E-state index is 13.3. The van der Waals surface area contributed by atoms with Gasteiger partial charge in [-0.15, -0.1) is 0 Å². The Morgan fingerprint density at radius 1 is 0.972 bits per heavy atom. The van der Waals surface area contributed by atoms with Gasteiger partial charge in [-0.05, 0) is 56.9 Å². The highest BCUT2D eigenvalue weighted by molar-refractivity contribution is 5.95. The molecule has 0 unspecified atom stereocenters. The van der Waals surface area contributed by atoms with Crippen LogP contribution in [0.4, 0.5) is 31.1 Å². The smallest absolute Gasteiger partial charge is 0.336 e. The fraction of sp³-hybridized carbons (Fsp3) is 0.440. The number of hydrogen-bond donors (Lipinski definition) is 2. The Kier molecular flexibility index (Phi) is 8.20. The standard InChI is InChI=1S/C25H27F6N3O2/c1-15(2)32-23(36)33-20-8-9-34(21(14-20)10-16-6-4-3-5-7-16)22(35)17-11-18(24(26,27)28)13-19(12-17)25(29,30)31/h3-7,11-13,15,20-21H,8-10,14H2,1-2H3,(H2,32,33,36)/t20-,21+/m0/s1. The third-order valence-electron chi connectivity index (χ3n) is 5.88. The minimum Gasteiger partial charge on any atom is -0.336 e. The summed E-state index contributed by atoms with van der Waals surface area (Å²) in [7, 11) is 0. The van der Waals surface area contributed by atoms with E-state index in [1.807, 2.05) is 12.1 Å². The number of alkyl halides is 6. The molecule has 2 aromatic carbocycles. The Labute approximate surface area is 204 Å². The molecule has 36 heavy (non-hydrogen) atoms. The Morgan fingerprint density at radius 3 is 2.08 bits per heavy atom. The van der Waals surface area contributed by atoms with Gasteiger partial charge in [0, 0.05) is 30.2 Å². The van der Waals surface area contributed by atoms with Crippen molar-refractivity contribution in [1.82, 2.24) is 15.5 Å². The summed E-state index contributed by atoms with van der Waals surface area (Å²) in [5.41, 5.74) is -2.92. The molecule has 3 rings (SSSR count). The minimum absolute atomic E-state index is 0.00171. The number of rotatable bonds is 5. The molecule has 0 aromatic heterocycles. The molecule has 2 atom stereocenters. The molecule has 0 bridgehead atoms. The van der Waals surface area contributed by atoms with Gasteiger partial charge in [0.05, 0.1) is 11.1 Å². The lowest BCUT2D eigenvalue weighted by atomic mass is 9.91. The SMILES string of the molecule is CC(C)NC(=O)N[C@H]1CCN(C(=O)c2cc(C(F)(F)F)cc(C(F)(F)F)c2)[C@H](Cc2ccccc2)C1. The summed E-state index contributed by atoms with van der Waals surface area (Å²) < 4.78 is 80.0. The quantitative estimate of drug-likeness (QED) is 0.506. The molecule has 0 aliphatic carbocycles. The van der Waals surface area contributed by atoms with Crippen LogP contribution in [-0.2, 0) is 18.8 Å². The molecule has 2 N–H and O–H groups in total. The third-order valence-corrected chi connectivity index (χ3v) is 5.88. The van der Waals surface area contributed by atoms with E-state index in [-0.39, 0.29) is 37.1 Å². The zero-order chi connectivity index (χ0) is 26.7. The minimum atomic E-state index is -5.06. The van der Waals surface area contributed by atoms with E-state index in [2.05, 4.69) is 10.6 Å². The Morgan fingerprint density at radius 2 is 1.56 bits per heavy atom. The first-order chi connectivity index (χ1) is 16.7. The molecule has 5 nitrogen and oxygen atoms in total. The lowest BCUT2D eigenvalue weighted by Crippen LogP contribution is -2.54. The van der Waals surface area contributed by atoms with E-state index in [0.717, 1.165) is 5.56 Å². The molecule has 2 aromatic rings. The van der Waals surface area contributed by atoms with Gasteiger partial charge >= 0.3 is 18.4 Å². The summed E-state index contributed by atoms with van der Waals surface area (Å²) in [6.45, 7) is 3.65. The Bertz CT molecular complexity index is 1040. The second kappa shape index (κ2) is 10.8. The van der Waals surface area contributed by atoms with E-state index in [1.165, 1.54) is 4.90 Å². The van der Waals surface area contributed by atoms with Crippen molar-refractivity contribution in [2.24, 2.45) is 0 Å². The fourth-order valence-electron chi connectivity index (χ4n) is 4.26. The molecule has 0 radical (unpaired) electrons. The molecular weight excluding hydrogens is 488 g/mol. The Hall–Kier alpha value is -3.24. The molecule has 1 aliphatic heterocycles. The first-order valence-electron chi connectivity index (χ1n) is 11.5. The van der Waals surface area contributed by atoms with E-state index >= 15 is 0 Å². The van der Waals surface area contributed by atoms with Gasteiger partial charge in [-0.25, -0.2) is 4.79 Å². The van der Waals surface area contributed by atoms with Crippen LogP contribution in [0.5, 0.6) is 0 Å². The van der Waals surface area contributed by atoms with Crippen LogP contribution in [0.1, 0.15) is 53.7 Å². The zero-order valence-electron chi connectivity index (χ0n) is 19.7. The number of carbonyl (C=O) groups excluding carboxylic acids is 2. The van der Waals surface area contributed by atoms with Crippen LogP contribution >= 0.6 is 0 Å². The molecule has 1 aliphatic rings. The number of hydrogen-bond acceptors (Lipinski definition) is 2. The largest absolute Gasteiger partial charge is 0.416 e. The topological polar surface area (TPSA) is 61.4 Å². The van der Waals surface area contributed by atoms with Gasteiger partial charge in [0.25, 0.3) is 5.91 Å². The first-order valence-corrected chi connectivity index (χ1v) is 11.5. The van der Waals surface area contributed by atoms with E-state index < -0.39 is 41.0 Å². The van der Waals surface area contributed by atoms with Crippen molar-refractivity contribution in [1.29, 1.82) is 0 Å². The van der Waals surface area contributed by atoms with Crippen molar-refractivity contribution in [2.45, 2.75) is 63.6 Å². The zero-order valence-corrected chi connectivity index (χ0v) is 19.7. The van der Waals surface area contributed by atoms with Crippen molar-refractivity contribution >= 4 is 11.9 Å². The number of nitrogens with one attached hydrogen (secondary N) is 2. The van der Waals surface area contributed by atoms with Crippen LogP contribution in [0.25, 0.3) is 0 Å². The number of amides is 3. The number of nitrogens with zero attached hydrogens (tertiary/aromatic N) is 1. The average molecular weight is 515 g/mol. The molecule has 1 saturated heterocycles. The van der Waals surface area contributed by atoms with Crippen molar-refractivity contribution < 1.29 is 35.9 Å². The molecule has 0 saturated carbocycles. The van der Waals surface area contributed by atoms with Crippen LogP contribution in [0.15, 0.2) is 48.5 Å². The molecule has 196 valence electrons. The molecule has 0 spiro atoms. The number of carbonyl (C=O) groups is 2. The molecule has 11 heteroatoms. The number of halogens is 6. The maximum Gasteiger partial charge on any atom is 0.416 e. The van der Waals surface area contributed by atoms with Crippen molar-refractivity contribution in [2.75, 3.05) is 6.54 Å². The van der Waals surface area contributed by atoms with Gasteiger partial charge in [-0.2, -0.15) is 26.3 Å². The number of benzene rings is 2. The van der Waals surface area contributed by atoms with Gasteiger partial charge < -0.3 is 15.5 Å². The number of piperidine rings is 1. The van der Waals surface area contributed by atoms with Crippen LogP contribution in [-0.4, -0.2) is 41.5 Å². The lowest BCUT2D eigenvalue weighted by Gasteiger charge is -2.40. The van der Waals surface area contributed by atoms with Gasteiger partial charge in [0.1, 0.15) is 0 Å². The molecule has 1 heterocycles. The second-order valence-electron chi connectivity index (χ2n) is 9.13. The molecule has 3 amide bonds.